The third-order valence-corrected chi connectivity index (χ3v) is 7.12. The van der Waals surface area contributed by atoms with E-state index in [1.54, 1.807) is 0 Å². The van der Waals surface area contributed by atoms with E-state index < -0.39 is 9.84 Å². The third-order valence-electron chi connectivity index (χ3n) is 5.37. The maximum Gasteiger partial charge on any atom is 0.151 e. The molecule has 1 saturated heterocycles. The van der Waals surface area contributed by atoms with Crippen LogP contribution in [-0.4, -0.2) is 50.0 Å². The first kappa shape index (κ1) is 15.3. The molecule has 3 atom stereocenters. The van der Waals surface area contributed by atoms with E-state index in [-0.39, 0.29) is 11.6 Å². The molecule has 19 heavy (non-hydrogen) atoms. The van der Waals surface area contributed by atoms with Gasteiger partial charge in [-0.25, -0.2) is 8.42 Å². The highest BCUT2D eigenvalue weighted by Gasteiger charge is 2.52. The monoisotopic (exact) mass is 288 g/mol. The number of nitrogens with two attached hydrogens (primary N) is 1. The molecule has 0 aromatic rings. The molecule has 1 saturated carbocycles. The first-order chi connectivity index (χ1) is 8.62. The van der Waals surface area contributed by atoms with Crippen molar-refractivity contribution in [3.63, 3.8) is 0 Å². The lowest BCUT2D eigenvalue weighted by Gasteiger charge is -2.45. The summed E-state index contributed by atoms with van der Waals surface area (Å²) in [7, 11) is -0.754. The lowest BCUT2D eigenvalue weighted by molar-refractivity contribution is 0.0536. The van der Waals surface area contributed by atoms with E-state index in [9.17, 15) is 8.42 Å². The molecule has 2 fully saturated rings. The van der Waals surface area contributed by atoms with Crippen LogP contribution in [0.25, 0.3) is 0 Å². The highest BCUT2D eigenvalue weighted by molar-refractivity contribution is 7.91. The average Bonchev–Trinajstić information content (AvgIpc) is 2.75. The molecule has 5 heteroatoms. The first-order valence-corrected chi connectivity index (χ1v) is 9.07. The molecule has 2 rings (SSSR count). The van der Waals surface area contributed by atoms with Crippen LogP contribution in [0.5, 0.6) is 0 Å². The molecule has 0 aromatic carbocycles. The lowest BCUT2D eigenvalue weighted by atomic mass is 9.84. The number of hydrogen-bond donors (Lipinski definition) is 1. The van der Waals surface area contributed by atoms with Gasteiger partial charge in [0.15, 0.2) is 9.84 Å². The van der Waals surface area contributed by atoms with Gasteiger partial charge in [0.25, 0.3) is 0 Å². The molecule has 0 bridgehead atoms. The molecule has 3 unspecified atom stereocenters. The minimum absolute atomic E-state index is 0.0337. The van der Waals surface area contributed by atoms with Crippen LogP contribution < -0.4 is 5.73 Å². The minimum Gasteiger partial charge on any atom is -0.329 e. The van der Waals surface area contributed by atoms with Gasteiger partial charge < -0.3 is 5.73 Å². The molecular formula is C14H28N2O2S. The van der Waals surface area contributed by atoms with Crippen LogP contribution in [0.3, 0.4) is 0 Å². The quantitative estimate of drug-likeness (QED) is 0.849. The summed E-state index contributed by atoms with van der Waals surface area (Å²) in [6.07, 6.45) is 2.98. The molecule has 0 radical (unpaired) electrons. The fourth-order valence-corrected chi connectivity index (χ4v) is 6.20. The summed E-state index contributed by atoms with van der Waals surface area (Å²) < 4.78 is 23.4. The number of likely N-dealkylation sites (N-methyl/N-ethyl adjacent to an activating group) is 1. The number of nitrogens with zero attached hydrogens (tertiary/aromatic N) is 1. The fraction of sp³-hybridized carbons (Fsp3) is 1.00. The average molecular weight is 288 g/mol. The Balaban J connectivity index is 2.23. The number of hydrogen-bond acceptors (Lipinski definition) is 4. The van der Waals surface area contributed by atoms with Crippen molar-refractivity contribution >= 4 is 9.84 Å². The van der Waals surface area contributed by atoms with Gasteiger partial charge in [0.2, 0.25) is 0 Å². The van der Waals surface area contributed by atoms with Crippen molar-refractivity contribution in [2.45, 2.75) is 51.6 Å². The standard InChI is InChI=1S/C14H28N2O2S/c1-11-7-13(2,3)9-14(11,10-15)16(4)12-5-6-19(17,18)8-12/h11-12H,5-10,15H2,1-4H3. The van der Waals surface area contributed by atoms with Gasteiger partial charge in [-0.05, 0) is 37.6 Å². The highest BCUT2D eigenvalue weighted by Crippen LogP contribution is 2.50. The van der Waals surface area contributed by atoms with E-state index in [0.29, 0.717) is 29.4 Å². The predicted octanol–water partition coefficient (Wildman–Crippen LogP) is 1.26. The molecule has 0 spiro atoms. The van der Waals surface area contributed by atoms with Crippen molar-refractivity contribution < 1.29 is 8.42 Å². The van der Waals surface area contributed by atoms with Crippen molar-refractivity contribution in [2.24, 2.45) is 17.1 Å². The summed E-state index contributed by atoms with van der Waals surface area (Å²) >= 11 is 0. The van der Waals surface area contributed by atoms with E-state index in [2.05, 4.69) is 32.7 Å². The van der Waals surface area contributed by atoms with Gasteiger partial charge in [-0.3, -0.25) is 4.90 Å². The van der Waals surface area contributed by atoms with Crippen LogP contribution in [0.4, 0.5) is 0 Å². The van der Waals surface area contributed by atoms with Crippen molar-refractivity contribution in [3.05, 3.63) is 0 Å². The Bertz CT molecular complexity index is 446. The van der Waals surface area contributed by atoms with Gasteiger partial charge in [0.1, 0.15) is 0 Å². The molecule has 0 amide bonds. The Kier molecular flexibility index (Phi) is 3.78. The van der Waals surface area contributed by atoms with Crippen molar-refractivity contribution in [2.75, 3.05) is 25.1 Å². The Labute approximate surface area is 117 Å². The molecule has 2 N–H and O–H groups in total. The molecule has 1 aliphatic carbocycles. The Hall–Kier alpha value is -0.130. The summed E-state index contributed by atoms with van der Waals surface area (Å²) in [6.45, 7) is 7.46. The second kappa shape index (κ2) is 4.71. The number of rotatable bonds is 3. The third kappa shape index (κ3) is 2.69. The van der Waals surface area contributed by atoms with Gasteiger partial charge in [-0.15, -0.1) is 0 Å². The normalized spacial score (nSPS) is 40.9. The summed E-state index contributed by atoms with van der Waals surface area (Å²) in [6, 6.07) is 0.143. The van der Waals surface area contributed by atoms with Crippen molar-refractivity contribution in [1.29, 1.82) is 0 Å². The topological polar surface area (TPSA) is 63.4 Å². The van der Waals surface area contributed by atoms with Gasteiger partial charge in [-0.1, -0.05) is 20.8 Å². The largest absolute Gasteiger partial charge is 0.329 e. The second-order valence-corrected chi connectivity index (χ2v) is 9.65. The minimum atomic E-state index is -2.83. The molecule has 4 nitrogen and oxygen atoms in total. The maximum atomic E-state index is 11.7. The van der Waals surface area contributed by atoms with Gasteiger partial charge in [-0.2, -0.15) is 0 Å². The second-order valence-electron chi connectivity index (χ2n) is 7.42. The van der Waals surface area contributed by atoms with E-state index >= 15 is 0 Å². The molecular weight excluding hydrogens is 260 g/mol. The van der Waals surface area contributed by atoms with Crippen LogP contribution in [-0.2, 0) is 9.84 Å². The SMILES string of the molecule is CC1CC(C)(C)CC1(CN)N(C)C1CCS(=O)(=O)C1. The van der Waals surface area contributed by atoms with Crippen LogP contribution in [0, 0.1) is 11.3 Å². The summed E-state index contributed by atoms with van der Waals surface area (Å²) in [5.74, 6) is 1.15. The zero-order chi connectivity index (χ0) is 14.5. The van der Waals surface area contributed by atoms with Crippen molar-refractivity contribution in [1.82, 2.24) is 4.90 Å². The summed E-state index contributed by atoms with van der Waals surface area (Å²) in [4.78, 5) is 2.30. The number of sulfone groups is 1. The molecule has 1 heterocycles. The first-order valence-electron chi connectivity index (χ1n) is 7.25. The van der Waals surface area contributed by atoms with Crippen LogP contribution in [0.2, 0.25) is 0 Å². The van der Waals surface area contributed by atoms with Gasteiger partial charge >= 0.3 is 0 Å². The fourth-order valence-electron chi connectivity index (χ4n) is 4.43. The zero-order valence-electron chi connectivity index (χ0n) is 12.6. The lowest BCUT2D eigenvalue weighted by Crippen LogP contribution is -2.58. The summed E-state index contributed by atoms with van der Waals surface area (Å²) in [5.41, 5.74) is 6.39. The zero-order valence-corrected chi connectivity index (χ0v) is 13.5. The van der Waals surface area contributed by atoms with Gasteiger partial charge in [0, 0.05) is 18.1 Å². The Morgan fingerprint density at radius 2 is 2.00 bits per heavy atom. The molecule has 1 aliphatic heterocycles. The van der Waals surface area contributed by atoms with Crippen LogP contribution in [0.1, 0.15) is 40.0 Å². The van der Waals surface area contributed by atoms with Gasteiger partial charge in [0.05, 0.1) is 11.5 Å². The van der Waals surface area contributed by atoms with E-state index in [1.165, 1.54) is 0 Å². The van der Waals surface area contributed by atoms with E-state index in [4.69, 9.17) is 5.73 Å². The van der Waals surface area contributed by atoms with E-state index in [0.717, 1.165) is 19.3 Å². The van der Waals surface area contributed by atoms with Crippen LogP contribution in [0.15, 0.2) is 0 Å². The van der Waals surface area contributed by atoms with Crippen LogP contribution >= 0.6 is 0 Å². The maximum absolute atomic E-state index is 11.7. The Morgan fingerprint density at radius 1 is 1.37 bits per heavy atom. The molecule has 0 aromatic heterocycles. The van der Waals surface area contributed by atoms with Crippen molar-refractivity contribution in [3.8, 4) is 0 Å². The predicted molar refractivity (Wildman–Crippen MR) is 78.8 cm³/mol. The van der Waals surface area contributed by atoms with E-state index in [1.807, 2.05) is 0 Å². The smallest absolute Gasteiger partial charge is 0.151 e. The highest BCUT2D eigenvalue weighted by atomic mass is 32.2. The summed E-state index contributed by atoms with van der Waals surface area (Å²) in [5, 5.41) is 0. The molecule has 2 aliphatic rings. The molecule has 112 valence electrons. The Morgan fingerprint density at radius 3 is 2.37 bits per heavy atom.